The molecule has 0 spiro atoms. The van der Waals surface area contributed by atoms with E-state index in [9.17, 15) is 9.59 Å². The molecule has 4 heteroatoms. The molecule has 0 aromatic carbocycles. The van der Waals surface area contributed by atoms with Crippen LogP contribution in [-0.4, -0.2) is 34.5 Å². The van der Waals surface area contributed by atoms with E-state index in [1.807, 2.05) is 19.1 Å². The lowest BCUT2D eigenvalue weighted by Gasteiger charge is -2.32. The molecule has 7 atom stereocenters. The number of hydrogen-bond donors (Lipinski definition) is 0. The van der Waals surface area contributed by atoms with E-state index in [1.165, 1.54) is 19.3 Å². The van der Waals surface area contributed by atoms with E-state index in [1.54, 1.807) is 4.90 Å². The first-order valence-electron chi connectivity index (χ1n) is 7.82. The SMILES string of the molecule is C[C@@]12C=C[C@@H](O1)[C@@H]1C(=O)N([C@@H]3C[C@H]4CC[C@H]3C4)C(=O)[C@@H]12. The fourth-order valence-corrected chi connectivity index (χ4v) is 5.53. The number of imide groups is 1. The average Bonchev–Trinajstić information content (AvgIpc) is 3.15. The van der Waals surface area contributed by atoms with Gasteiger partial charge in [0, 0.05) is 6.04 Å². The van der Waals surface area contributed by atoms with Gasteiger partial charge in [-0.2, -0.15) is 0 Å². The summed E-state index contributed by atoms with van der Waals surface area (Å²) in [6.07, 6.45) is 8.51. The van der Waals surface area contributed by atoms with E-state index in [2.05, 4.69) is 0 Å². The van der Waals surface area contributed by atoms with Crippen LogP contribution in [0, 0.1) is 23.7 Å². The predicted molar refractivity (Wildman–Crippen MR) is 70.5 cm³/mol. The van der Waals surface area contributed by atoms with Gasteiger partial charge in [-0.05, 0) is 38.0 Å². The summed E-state index contributed by atoms with van der Waals surface area (Å²) in [4.78, 5) is 27.3. The molecule has 2 saturated heterocycles. The van der Waals surface area contributed by atoms with Crippen molar-refractivity contribution in [3.63, 3.8) is 0 Å². The summed E-state index contributed by atoms with van der Waals surface area (Å²) in [5.74, 6) is 0.849. The Kier molecular flexibility index (Phi) is 1.93. The van der Waals surface area contributed by atoms with Gasteiger partial charge in [0.1, 0.15) is 0 Å². The van der Waals surface area contributed by atoms with Crippen molar-refractivity contribution in [2.45, 2.75) is 50.4 Å². The highest BCUT2D eigenvalue weighted by atomic mass is 16.5. The maximum atomic E-state index is 12.8. The van der Waals surface area contributed by atoms with Gasteiger partial charge < -0.3 is 4.74 Å². The second-order valence-electron chi connectivity index (χ2n) is 7.42. The Bertz CT molecular complexity index is 556. The monoisotopic (exact) mass is 273 g/mol. The van der Waals surface area contributed by atoms with Crippen LogP contribution < -0.4 is 0 Å². The van der Waals surface area contributed by atoms with Gasteiger partial charge in [-0.15, -0.1) is 0 Å². The van der Waals surface area contributed by atoms with Gasteiger partial charge in [-0.1, -0.05) is 18.6 Å². The molecule has 5 rings (SSSR count). The largest absolute Gasteiger partial charge is 0.362 e. The number of rotatable bonds is 1. The van der Waals surface area contributed by atoms with Gasteiger partial charge >= 0.3 is 0 Å². The molecule has 5 aliphatic rings. The minimum atomic E-state index is -0.547. The minimum Gasteiger partial charge on any atom is -0.362 e. The predicted octanol–water partition coefficient (Wildman–Crippen LogP) is 1.50. The summed E-state index contributed by atoms with van der Waals surface area (Å²) in [5.41, 5.74) is -0.547. The van der Waals surface area contributed by atoms with Crippen molar-refractivity contribution < 1.29 is 14.3 Å². The molecule has 0 aromatic rings. The molecule has 20 heavy (non-hydrogen) atoms. The molecule has 4 bridgehead atoms. The van der Waals surface area contributed by atoms with Gasteiger partial charge in [0.25, 0.3) is 0 Å². The van der Waals surface area contributed by atoms with Crippen molar-refractivity contribution in [3.8, 4) is 0 Å². The van der Waals surface area contributed by atoms with E-state index in [4.69, 9.17) is 4.74 Å². The summed E-state index contributed by atoms with van der Waals surface area (Å²) < 4.78 is 5.86. The number of hydrogen-bond acceptors (Lipinski definition) is 3. The van der Waals surface area contributed by atoms with E-state index in [0.29, 0.717) is 5.92 Å². The number of likely N-dealkylation sites (tertiary alicyclic amines) is 1. The van der Waals surface area contributed by atoms with Crippen molar-refractivity contribution in [2.24, 2.45) is 23.7 Å². The maximum absolute atomic E-state index is 12.8. The summed E-state index contributed by atoms with van der Waals surface area (Å²) in [7, 11) is 0. The van der Waals surface area contributed by atoms with Crippen LogP contribution >= 0.6 is 0 Å². The van der Waals surface area contributed by atoms with Crippen LogP contribution in [0.25, 0.3) is 0 Å². The highest BCUT2D eigenvalue weighted by Gasteiger charge is 2.67. The summed E-state index contributed by atoms with van der Waals surface area (Å²) in [5, 5.41) is 0. The first-order chi connectivity index (χ1) is 9.58. The van der Waals surface area contributed by atoms with Crippen molar-refractivity contribution >= 4 is 11.8 Å². The smallest absolute Gasteiger partial charge is 0.236 e. The van der Waals surface area contributed by atoms with Crippen molar-refractivity contribution in [3.05, 3.63) is 12.2 Å². The topological polar surface area (TPSA) is 46.6 Å². The fraction of sp³-hybridized carbons (Fsp3) is 0.750. The third-order valence-corrected chi connectivity index (χ3v) is 6.40. The van der Waals surface area contributed by atoms with Gasteiger partial charge in [0.2, 0.25) is 11.8 Å². The van der Waals surface area contributed by atoms with Crippen LogP contribution in [0.15, 0.2) is 12.2 Å². The molecule has 2 amide bonds. The molecule has 0 unspecified atom stereocenters. The van der Waals surface area contributed by atoms with Gasteiger partial charge in [-0.3, -0.25) is 14.5 Å². The molecule has 3 aliphatic heterocycles. The zero-order chi connectivity index (χ0) is 13.6. The van der Waals surface area contributed by atoms with Crippen LogP contribution in [0.3, 0.4) is 0 Å². The summed E-state index contributed by atoms with van der Waals surface area (Å²) in [6, 6.07) is 0.183. The molecular formula is C16H19NO3. The van der Waals surface area contributed by atoms with E-state index in [-0.39, 0.29) is 35.8 Å². The quantitative estimate of drug-likeness (QED) is 0.537. The van der Waals surface area contributed by atoms with E-state index < -0.39 is 5.60 Å². The number of ether oxygens (including phenoxy) is 1. The standard InChI is InChI=1S/C16H19NO3/c1-16-5-4-11(20-16)12-13(16)15(19)17(14(12)18)10-7-8-2-3-9(10)6-8/h4-5,8-13H,2-3,6-7H2,1H3/t8-,9-,10+,11+,12-,13+,16-/m0/s1. The second-order valence-corrected chi connectivity index (χ2v) is 7.42. The Morgan fingerprint density at radius 2 is 2.10 bits per heavy atom. The van der Waals surface area contributed by atoms with Crippen LogP contribution in [0.5, 0.6) is 0 Å². The number of carbonyl (C=O) groups is 2. The fourth-order valence-electron chi connectivity index (χ4n) is 5.53. The molecule has 2 aliphatic carbocycles. The molecule has 4 nitrogen and oxygen atoms in total. The van der Waals surface area contributed by atoms with E-state index >= 15 is 0 Å². The van der Waals surface area contributed by atoms with Crippen molar-refractivity contribution in [1.29, 1.82) is 0 Å². The first-order valence-corrected chi connectivity index (χ1v) is 7.82. The molecule has 0 aromatic heterocycles. The third kappa shape index (κ3) is 1.14. The molecular weight excluding hydrogens is 254 g/mol. The van der Waals surface area contributed by atoms with Crippen molar-refractivity contribution in [1.82, 2.24) is 4.90 Å². The number of carbonyl (C=O) groups excluding carboxylic acids is 2. The highest BCUT2D eigenvalue weighted by Crippen LogP contribution is 2.55. The Labute approximate surface area is 118 Å². The molecule has 3 heterocycles. The first kappa shape index (κ1) is 11.5. The van der Waals surface area contributed by atoms with Crippen molar-refractivity contribution in [2.75, 3.05) is 0 Å². The molecule has 0 N–H and O–H groups in total. The Morgan fingerprint density at radius 1 is 1.25 bits per heavy atom. The lowest BCUT2D eigenvalue weighted by Crippen LogP contribution is -2.46. The van der Waals surface area contributed by atoms with Crippen LogP contribution in [0.2, 0.25) is 0 Å². The summed E-state index contributed by atoms with van der Waals surface area (Å²) in [6.45, 7) is 1.95. The molecule has 0 radical (unpaired) electrons. The van der Waals surface area contributed by atoms with Crippen LogP contribution in [-0.2, 0) is 14.3 Å². The van der Waals surface area contributed by atoms with Crippen LogP contribution in [0.1, 0.15) is 32.6 Å². The zero-order valence-electron chi connectivity index (χ0n) is 11.6. The Balaban J connectivity index is 1.52. The van der Waals surface area contributed by atoms with E-state index in [0.717, 1.165) is 12.3 Å². The summed E-state index contributed by atoms with van der Waals surface area (Å²) >= 11 is 0. The highest BCUT2D eigenvalue weighted by molar-refractivity contribution is 6.07. The third-order valence-electron chi connectivity index (χ3n) is 6.40. The number of amides is 2. The lowest BCUT2D eigenvalue weighted by atomic mass is 9.78. The normalized spacial score (nSPS) is 55.4. The minimum absolute atomic E-state index is 0.0342. The Morgan fingerprint density at radius 3 is 2.75 bits per heavy atom. The average molecular weight is 273 g/mol. The molecule has 2 saturated carbocycles. The zero-order valence-corrected chi connectivity index (χ0v) is 11.6. The van der Waals surface area contributed by atoms with Gasteiger partial charge in [-0.25, -0.2) is 0 Å². The molecule has 4 fully saturated rings. The lowest BCUT2D eigenvalue weighted by molar-refractivity contribution is -0.147. The molecule has 106 valence electrons. The number of nitrogens with zero attached hydrogens (tertiary/aromatic N) is 1. The maximum Gasteiger partial charge on any atom is 0.236 e. The second kappa shape index (κ2) is 3.35. The number of fused-ring (bicyclic) bond motifs is 7. The van der Waals surface area contributed by atoms with Crippen LogP contribution in [0.4, 0.5) is 0 Å². The Hall–Kier alpha value is -1.16. The van der Waals surface area contributed by atoms with Gasteiger partial charge in [0.15, 0.2) is 0 Å². The van der Waals surface area contributed by atoms with Gasteiger partial charge in [0.05, 0.1) is 23.5 Å².